The summed E-state index contributed by atoms with van der Waals surface area (Å²) < 4.78 is 34.1. The zero-order valence-corrected chi connectivity index (χ0v) is 25.7. The molecule has 45 heavy (non-hydrogen) atoms. The monoisotopic (exact) mass is 637 g/mol. The van der Waals surface area contributed by atoms with E-state index >= 15 is 0 Å². The molecule has 226 valence electrons. The minimum absolute atomic E-state index is 0.0229. The number of aryl methyl sites for hydroxylation is 1. The minimum atomic E-state index is -3.93. The Hall–Kier alpha value is -5.25. The Morgan fingerprint density at radius 1 is 0.822 bits per heavy atom. The fourth-order valence-electron chi connectivity index (χ4n) is 4.39. The van der Waals surface area contributed by atoms with Crippen molar-refractivity contribution in [3.05, 3.63) is 160 Å². The highest BCUT2D eigenvalue weighted by Gasteiger charge is 2.26. The van der Waals surface area contributed by atoms with Crippen LogP contribution in [0.5, 0.6) is 5.75 Å². The number of halogens is 1. The van der Waals surface area contributed by atoms with Crippen LogP contribution >= 0.6 is 11.6 Å². The Balaban J connectivity index is 1.24. The number of carbonyl (C=O) groups is 2. The Morgan fingerprint density at radius 3 is 2.13 bits per heavy atom. The van der Waals surface area contributed by atoms with Crippen LogP contribution in [-0.4, -0.2) is 26.5 Å². The summed E-state index contributed by atoms with van der Waals surface area (Å²) in [6, 6.07) is 35.3. The van der Waals surface area contributed by atoms with Crippen molar-refractivity contribution in [3.63, 3.8) is 0 Å². The molecule has 0 saturated carbocycles. The van der Waals surface area contributed by atoms with Gasteiger partial charge >= 0.3 is 5.97 Å². The lowest BCUT2D eigenvalue weighted by molar-refractivity contribution is 0.0734. The third-order valence-corrected chi connectivity index (χ3v) is 8.80. The first-order valence-electron chi connectivity index (χ1n) is 13.8. The highest BCUT2D eigenvalue weighted by atomic mass is 35.5. The maximum Gasteiger partial charge on any atom is 0.343 e. The first-order valence-corrected chi connectivity index (χ1v) is 15.7. The van der Waals surface area contributed by atoms with Crippen molar-refractivity contribution in [2.45, 2.75) is 18.4 Å². The van der Waals surface area contributed by atoms with Crippen molar-refractivity contribution in [1.29, 1.82) is 0 Å². The topological polar surface area (TPSA) is 105 Å². The maximum absolute atomic E-state index is 13.7. The molecule has 0 atom stereocenters. The summed E-state index contributed by atoms with van der Waals surface area (Å²) in [6.07, 6.45) is 1.47. The van der Waals surface area contributed by atoms with Gasteiger partial charge in [-0.25, -0.2) is 18.6 Å². The van der Waals surface area contributed by atoms with Gasteiger partial charge in [-0.2, -0.15) is 5.10 Å². The number of hydrazone groups is 1. The van der Waals surface area contributed by atoms with Crippen molar-refractivity contribution >= 4 is 45.4 Å². The van der Waals surface area contributed by atoms with Crippen LogP contribution < -0.4 is 14.5 Å². The van der Waals surface area contributed by atoms with Gasteiger partial charge in [0.1, 0.15) is 5.75 Å². The normalized spacial score (nSPS) is 11.2. The van der Waals surface area contributed by atoms with Crippen molar-refractivity contribution in [2.75, 3.05) is 4.31 Å². The fourth-order valence-corrected chi connectivity index (χ4v) is 6.09. The van der Waals surface area contributed by atoms with Gasteiger partial charge in [-0.05, 0) is 96.4 Å². The van der Waals surface area contributed by atoms with Gasteiger partial charge in [-0.15, -0.1) is 0 Å². The number of amides is 1. The Labute approximate surface area is 266 Å². The van der Waals surface area contributed by atoms with Crippen molar-refractivity contribution < 1.29 is 22.7 Å². The van der Waals surface area contributed by atoms with Crippen LogP contribution in [0.4, 0.5) is 5.69 Å². The molecule has 0 saturated heterocycles. The smallest absolute Gasteiger partial charge is 0.343 e. The van der Waals surface area contributed by atoms with Crippen LogP contribution in [0.25, 0.3) is 0 Å². The molecule has 0 fully saturated rings. The van der Waals surface area contributed by atoms with Crippen LogP contribution in [0.1, 0.15) is 37.4 Å². The summed E-state index contributed by atoms with van der Waals surface area (Å²) in [5, 5.41) is 4.43. The molecule has 5 aromatic rings. The van der Waals surface area contributed by atoms with Gasteiger partial charge in [0.15, 0.2) is 0 Å². The third kappa shape index (κ3) is 7.83. The number of ether oxygens (including phenoxy) is 1. The van der Waals surface area contributed by atoms with Crippen LogP contribution in [0, 0.1) is 6.92 Å². The van der Waals surface area contributed by atoms with E-state index in [0.717, 1.165) is 5.56 Å². The van der Waals surface area contributed by atoms with E-state index in [-0.39, 0.29) is 11.4 Å². The molecule has 0 aliphatic carbocycles. The number of hydrogen-bond donors (Lipinski definition) is 1. The quantitative estimate of drug-likeness (QED) is 0.0766. The molecule has 1 amide bonds. The van der Waals surface area contributed by atoms with E-state index in [4.69, 9.17) is 16.3 Å². The molecule has 0 spiro atoms. The third-order valence-electron chi connectivity index (χ3n) is 6.79. The average molecular weight is 638 g/mol. The first kappa shape index (κ1) is 31.2. The molecule has 0 aliphatic rings. The second-order valence-corrected chi connectivity index (χ2v) is 12.3. The highest BCUT2D eigenvalue weighted by Crippen LogP contribution is 2.31. The Morgan fingerprint density at radius 2 is 1.47 bits per heavy atom. The van der Waals surface area contributed by atoms with E-state index in [1.54, 1.807) is 121 Å². The van der Waals surface area contributed by atoms with Crippen molar-refractivity contribution in [1.82, 2.24) is 5.43 Å². The molecular weight excluding hydrogens is 610 g/mol. The molecule has 0 radical (unpaired) electrons. The molecule has 0 bridgehead atoms. The summed E-state index contributed by atoms with van der Waals surface area (Å²) in [5.41, 5.74) is 5.84. The average Bonchev–Trinajstić information content (AvgIpc) is 3.06. The lowest BCUT2D eigenvalue weighted by atomic mass is 10.1. The number of nitrogens with zero attached hydrogens (tertiary/aromatic N) is 2. The first-order chi connectivity index (χ1) is 21.7. The van der Waals surface area contributed by atoms with Gasteiger partial charge in [0, 0.05) is 10.6 Å². The molecule has 0 aliphatic heterocycles. The molecule has 1 N–H and O–H groups in total. The number of rotatable bonds is 10. The molecule has 0 aromatic heterocycles. The molecular formula is C35H28ClN3O5S. The molecule has 8 nitrogen and oxygen atoms in total. The van der Waals surface area contributed by atoms with E-state index in [9.17, 15) is 18.0 Å². The number of sulfonamides is 1. The van der Waals surface area contributed by atoms with Gasteiger partial charge in [-0.3, -0.25) is 9.10 Å². The van der Waals surface area contributed by atoms with Crippen molar-refractivity contribution in [3.8, 4) is 5.75 Å². The predicted molar refractivity (Wildman–Crippen MR) is 175 cm³/mol. The predicted octanol–water partition coefficient (Wildman–Crippen LogP) is 7.03. The summed E-state index contributed by atoms with van der Waals surface area (Å²) in [5.74, 6) is -0.517. The number of carbonyl (C=O) groups excluding carboxylic acids is 2. The van der Waals surface area contributed by atoms with Gasteiger partial charge < -0.3 is 4.74 Å². The molecule has 5 rings (SSSR count). The van der Waals surface area contributed by atoms with Crippen LogP contribution in [0.2, 0.25) is 5.02 Å². The minimum Gasteiger partial charge on any atom is -0.423 e. The van der Waals surface area contributed by atoms with E-state index in [0.29, 0.717) is 38.7 Å². The van der Waals surface area contributed by atoms with Gasteiger partial charge in [-0.1, -0.05) is 66.2 Å². The second kappa shape index (κ2) is 14.0. The van der Waals surface area contributed by atoms with E-state index in [2.05, 4.69) is 10.5 Å². The van der Waals surface area contributed by atoms with Crippen LogP contribution in [0.15, 0.2) is 137 Å². The van der Waals surface area contributed by atoms with E-state index in [1.807, 2.05) is 13.0 Å². The zero-order valence-electron chi connectivity index (χ0n) is 24.1. The summed E-state index contributed by atoms with van der Waals surface area (Å²) in [7, 11) is -3.93. The summed E-state index contributed by atoms with van der Waals surface area (Å²) in [6.45, 7) is 1.84. The Bertz CT molecular complexity index is 1930. The number of hydrogen-bond acceptors (Lipinski definition) is 6. The summed E-state index contributed by atoms with van der Waals surface area (Å²) in [4.78, 5) is 25.1. The number of nitrogens with one attached hydrogen (secondary N) is 1. The maximum atomic E-state index is 13.7. The van der Waals surface area contributed by atoms with E-state index < -0.39 is 21.9 Å². The van der Waals surface area contributed by atoms with E-state index in [1.165, 1.54) is 10.5 Å². The molecule has 0 unspecified atom stereocenters. The number of benzene rings is 5. The number of anilines is 1. The Kier molecular flexibility index (Phi) is 9.72. The largest absolute Gasteiger partial charge is 0.423 e. The van der Waals surface area contributed by atoms with Gasteiger partial charge in [0.25, 0.3) is 15.9 Å². The molecule has 5 aromatic carbocycles. The zero-order chi connectivity index (χ0) is 31.8. The van der Waals surface area contributed by atoms with Gasteiger partial charge in [0.2, 0.25) is 0 Å². The second-order valence-electron chi connectivity index (χ2n) is 9.98. The van der Waals surface area contributed by atoms with Crippen LogP contribution in [-0.2, 0) is 16.6 Å². The summed E-state index contributed by atoms with van der Waals surface area (Å²) >= 11 is 6.25. The SMILES string of the molecule is Cc1ccc(Cl)cc1N(Cc1ccc(C(=O)N/N=C\c2ccc(OC(=O)c3ccccc3)cc2)cc1)S(=O)(=O)c1ccccc1. The number of esters is 1. The standard InChI is InChI=1S/C35H28ClN3O5S/c1-25-12-19-30(36)22-33(25)39(45(42,43)32-10-6-3-7-11-32)24-27-13-17-28(18-14-27)34(40)38-37-23-26-15-20-31(21-16-26)44-35(41)29-8-4-2-5-9-29/h2-23H,24H2,1H3,(H,38,40)/b37-23-. The highest BCUT2D eigenvalue weighted by molar-refractivity contribution is 7.92. The fraction of sp³-hybridized carbons (Fsp3) is 0.0571. The lowest BCUT2D eigenvalue weighted by Gasteiger charge is -2.26. The van der Waals surface area contributed by atoms with Gasteiger partial charge in [0.05, 0.1) is 28.9 Å². The molecule has 0 heterocycles. The van der Waals surface area contributed by atoms with Crippen molar-refractivity contribution in [2.24, 2.45) is 5.10 Å². The van der Waals surface area contributed by atoms with Crippen LogP contribution in [0.3, 0.4) is 0 Å². The molecule has 10 heteroatoms. The lowest BCUT2D eigenvalue weighted by Crippen LogP contribution is -2.31.